The Morgan fingerprint density at radius 3 is 2.48 bits per heavy atom. The second-order valence-electron chi connectivity index (χ2n) is 5.08. The highest BCUT2D eigenvalue weighted by molar-refractivity contribution is 7.89. The normalized spacial score (nSPS) is 13.6. The van der Waals surface area contributed by atoms with Gasteiger partial charge in [-0.1, -0.05) is 19.9 Å². The van der Waals surface area contributed by atoms with Crippen LogP contribution in [0, 0.1) is 0 Å². The van der Waals surface area contributed by atoms with Crippen LogP contribution in [-0.2, 0) is 21.2 Å². The number of sulfonamides is 1. The number of rotatable bonds is 8. The maximum Gasteiger partial charge on any atom is 0.243 e. The fraction of sp³-hybridized carbons (Fsp3) is 0.600. The summed E-state index contributed by atoms with van der Waals surface area (Å²) in [5, 5.41) is 0. The van der Waals surface area contributed by atoms with Gasteiger partial charge in [-0.05, 0) is 37.5 Å². The zero-order chi connectivity index (χ0) is 16.0. The Balaban J connectivity index is 3.18. The molecule has 0 spiro atoms. The third kappa shape index (κ3) is 4.18. The van der Waals surface area contributed by atoms with Crippen molar-refractivity contribution in [1.82, 2.24) is 4.31 Å². The first-order chi connectivity index (χ1) is 9.88. The van der Waals surface area contributed by atoms with Crippen LogP contribution in [0.1, 0.15) is 32.8 Å². The molecule has 0 heterocycles. The quantitative estimate of drug-likeness (QED) is 0.747. The number of benzene rings is 1. The number of aryl methyl sites for hydroxylation is 1. The summed E-state index contributed by atoms with van der Waals surface area (Å²) in [5.74, 6) is 0. The first kappa shape index (κ1) is 17.9. The van der Waals surface area contributed by atoms with Crippen LogP contribution in [0.5, 0.6) is 0 Å². The first-order valence-corrected chi connectivity index (χ1v) is 8.71. The fourth-order valence-corrected chi connectivity index (χ4v) is 3.88. The molecule has 0 fully saturated rings. The summed E-state index contributed by atoms with van der Waals surface area (Å²) in [5.41, 5.74) is 7.41. The van der Waals surface area contributed by atoms with Crippen LogP contribution in [0.15, 0.2) is 23.1 Å². The summed E-state index contributed by atoms with van der Waals surface area (Å²) >= 11 is 0. The highest BCUT2D eigenvalue weighted by Gasteiger charge is 2.28. The Kier molecular flexibility index (Phi) is 6.64. The van der Waals surface area contributed by atoms with Crippen LogP contribution in [0.2, 0.25) is 0 Å². The summed E-state index contributed by atoms with van der Waals surface area (Å²) in [6.07, 6.45) is 1.52. The van der Waals surface area contributed by atoms with Crippen LogP contribution < -0.4 is 5.73 Å². The van der Waals surface area contributed by atoms with Gasteiger partial charge in [0.15, 0.2) is 0 Å². The Hall–Kier alpha value is -1.11. The molecule has 21 heavy (non-hydrogen) atoms. The molecule has 6 heteroatoms. The third-order valence-electron chi connectivity index (χ3n) is 3.70. The molecule has 0 bridgehead atoms. The van der Waals surface area contributed by atoms with Gasteiger partial charge in [0.2, 0.25) is 10.0 Å². The monoisotopic (exact) mass is 314 g/mol. The number of anilines is 1. The number of methoxy groups -OCH3 is 1. The zero-order valence-electron chi connectivity index (χ0n) is 13.3. The van der Waals surface area contributed by atoms with E-state index in [0.29, 0.717) is 18.8 Å². The van der Waals surface area contributed by atoms with E-state index in [9.17, 15) is 8.42 Å². The SMILES string of the molecule is CCc1ccc(S(=O)(=O)N(CCOC)C(C)CC)cc1N. The van der Waals surface area contributed by atoms with Crippen molar-refractivity contribution in [2.75, 3.05) is 26.0 Å². The lowest BCUT2D eigenvalue weighted by atomic mass is 10.1. The predicted molar refractivity (Wildman–Crippen MR) is 85.8 cm³/mol. The number of nitrogens with zero attached hydrogens (tertiary/aromatic N) is 1. The number of nitrogens with two attached hydrogens (primary N) is 1. The minimum atomic E-state index is -3.56. The van der Waals surface area contributed by atoms with E-state index in [1.54, 1.807) is 25.3 Å². The Labute approximate surface area is 128 Å². The van der Waals surface area contributed by atoms with E-state index in [2.05, 4.69) is 0 Å². The fourth-order valence-electron chi connectivity index (χ4n) is 2.15. The first-order valence-electron chi connectivity index (χ1n) is 7.27. The highest BCUT2D eigenvalue weighted by atomic mass is 32.2. The Morgan fingerprint density at radius 1 is 1.33 bits per heavy atom. The van der Waals surface area contributed by atoms with Crippen LogP contribution in [0.3, 0.4) is 0 Å². The highest BCUT2D eigenvalue weighted by Crippen LogP contribution is 2.23. The van der Waals surface area contributed by atoms with E-state index >= 15 is 0 Å². The van der Waals surface area contributed by atoms with Gasteiger partial charge in [0.1, 0.15) is 0 Å². The van der Waals surface area contributed by atoms with Crippen molar-refractivity contribution in [1.29, 1.82) is 0 Å². The Bertz CT molecular complexity index is 558. The molecule has 0 radical (unpaired) electrons. The van der Waals surface area contributed by atoms with Gasteiger partial charge >= 0.3 is 0 Å². The third-order valence-corrected chi connectivity index (χ3v) is 5.71. The van der Waals surface area contributed by atoms with E-state index in [1.165, 1.54) is 4.31 Å². The second-order valence-corrected chi connectivity index (χ2v) is 6.97. The molecule has 0 aromatic heterocycles. The predicted octanol–water partition coefficient (Wildman–Crippen LogP) is 2.27. The average molecular weight is 314 g/mol. The molecule has 1 aromatic carbocycles. The molecule has 0 saturated carbocycles. The summed E-state index contributed by atoms with van der Waals surface area (Å²) in [4.78, 5) is 0.244. The van der Waals surface area contributed by atoms with Crippen molar-refractivity contribution >= 4 is 15.7 Å². The van der Waals surface area contributed by atoms with Crippen LogP contribution in [-0.4, -0.2) is 39.0 Å². The van der Waals surface area contributed by atoms with E-state index in [-0.39, 0.29) is 10.9 Å². The molecule has 1 unspecified atom stereocenters. The van der Waals surface area contributed by atoms with E-state index in [0.717, 1.165) is 18.4 Å². The van der Waals surface area contributed by atoms with Crippen molar-refractivity contribution in [2.45, 2.75) is 44.6 Å². The lowest BCUT2D eigenvalue weighted by Crippen LogP contribution is -2.40. The van der Waals surface area contributed by atoms with Gasteiger partial charge in [-0.15, -0.1) is 0 Å². The average Bonchev–Trinajstić information content (AvgIpc) is 2.46. The largest absolute Gasteiger partial charge is 0.398 e. The molecule has 120 valence electrons. The standard InChI is InChI=1S/C15H26N2O3S/c1-5-12(3)17(9-10-20-4)21(18,19)14-8-7-13(6-2)15(16)11-14/h7-8,11-12H,5-6,9-10,16H2,1-4H3. The topological polar surface area (TPSA) is 72.6 Å². The van der Waals surface area contributed by atoms with Gasteiger partial charge in [0.25, 0.3) is 0 Å². The van der Waals surface area contributed by atoms with Crippen molar-refractivity contribution in [3.63, 3.8) is 0 Å². The van der Waals surface area contributed by atoms with Gasteiger partial charge in [0, 0.05) is 25.4 Å². The van der Waals surface area contributed by atoms with Gasteiger partial charge in [-0.25, -0.2) is 8.42 Å². The zero-order valence-corrected chi connectivity index (χ0v) is 14.1. The van der Waals surface area contributed by atoms with Gasteiger partial charge in [0.05, 0.1) is 11.5 Å². The van der Waals surface area contributed by atoms with E-state index < -0.39 is 10.0 Å². The Morgan fingerprint density at radius 2 is 2.00 bits per heavy atom. The van der Waals surface area contributed by atoms with Crippen LogP contribution in [0.4, 0.5) is 5.69 Å². The summed E-state index contributed by atoms with van der Waals surface area (Å²) in [6, 6.07) is 4.88. The molecule has 0 saturated heterocycles. The van der Waals surface area contributed by atoms with Gasteiger partial charge in [-0.2, -0.15) is 4.31 Å². The molecule has 5 nitrogen and oxygen atoms in total. The molecule has 1 atom stereocenters. The lowest BCUT2D eigenvalue weighted by Gasteiger charge is -2.27. The minimum absolute atomic E-state index is 0.0859. The summed E-state index contributed by atoms with van der Waals surface area (Å²) in [6.45, 7) is 6.56. The molecular weight excluding hydrogens is 288 g/mol. The summed E-state index contributed by atoms with van der Waals surface area (Å²) < 4.78 is 32.1. The molecule has 0 amide bonds. The maximum absolute atomic E-state index is 12.8. The molecule has 2 N–H and O–H groups in total. The van der Waals surface area contributed by atoms with E-state index in [1.807, 2.05) is 20.8 Å². The van der Waals surface area contributed by atoms with E-state index in [4.69, 9.17) is 10.5 Å². The second kappa shape index (κ2) is 7.77. The van der Waals surface area contributed by atoms with Crippen molar-refractivity contribution in [2.24, 2.45) is 0 Å². The smallest absolute Gasteiger partial charge is 0.243 e. The van der Waals surface area contributed by atoms with Gasteiger partial charge < -0.3 is 10.5 Å². The molecular formula is C15H26N2O3S. The van der Waals surface area contributed by atoms with Crippen LogP contribution in [0.25, 0.3) is 0 Å². The summed E-state index contributed by atoms with van der Waals surface area (Å²) in [7, 11) is -1.99. The molecule has 0 aliphatic heterocycles. The number of nitrogen functional groups attached to an aromatic ring is 1. The molecule has 0 aliphatic carbocycles. The number of hydrogen-bond donors (Lipinski definition) is 1. The van der Waals surface area contributed by atoms with Crippen LogP contribution >= 0.6 is 0 Å². The maximum atomic E-state index is 12.8. The van der Waals surface area contributed by atoms with Gasteiger partial charge in [-0.3, -0.25) is 0 Å². The van der Waals surface area contributed by atoms with Crippen molar-refractivity contribution < 1.29 is 13.2 Å². The molecule has 1 rings (SSSR count). The molecule has 1 aromatic rings. The molecule has 0 aliphatic rings. The van der Waals surface area contributed by atoms with Crippen molar-refractivity contribution in [3.8, 4) is 0 Å². The number of hydrogen-bond acceptors (Lipinski definition) is 4. The van der Waals surface area contributed by atoms with Crippen molar-refractivity contribution in [3.05, 3.63) is 23.8 Å². The lowest BCUT2D eigenvalue weighted by molar-refractivity contribution is 0.167. The number of ether oxygens (including phenoxy) is 1. The minimum Gasteiger partial charge on any atom is -0.398 e.